The van der Waals surface area contributed by atoms with Gasteiger partial charge in [-0.25, -0.2) is 0 Å². The SMILES string of the molecule is C=C(CCCC)C(O)(O)CC. The average molecular weight is 158 g/mol. The van der Waals surface area contributed by atoms with Gasteiger partial charge in [0.05, 0.1) is 0 Å². The van der Waals surface area contributed by atoms with Crippen LogP contribution in [0.1, 0.15) is 39.5 Å². The molecule has 0 aromatic carbocycles. The van der Waals surface area contributed by atoms with Crippen LogP contribution in [0.5, 0.6) is 0 Å². The standard InChI is InChI=1S/C9H18O2/c1-4-6-7-8(3)9(10,11)5-2/h10-11H,3-7H2,1-2H3. The molecule has 0 amide bonds. The van der Waals surface area contributed by atoms with Crippen molar-refractivity contribution in [3.63, 3.8) is 0 Å². The van der Waals surface area contributed by atoms with E-state index in [1.807, 2.05) is 0 Å². The number of aliphatic hydroxyl groups is 2. The quantitative estimate of drug-likeness (QED) is 0.473. The van der Waals surface area contributed by atoms with Gasteiger partial charge in [0.1, 0.15) is 0 Å². The van der Waals surface area contributed by atoms with Crippen molar-refractivity contribution >= 4 is 0 Å². The second-order valence-corrected chi connectivity index (χ2v) is 2.88. The molecule has 0 aliphatic rings. The van der Waals surface area contributed by atoms with Gasteiger partial charge in [-0.1, -0.05) is 26.8 Å². The Balaban J connectivity index is 3.82. The monoisotopic (exact) mass is 158 g/mol. The summed E-state index contributed by atoms with van der Waals surface area (Å²) in [5, 5.41) is 18.5. The van der Waals surface area contributed by atoms with Crippen LogP contribution in [0.15, 0.2) is 12.2 Å². The van der Waals surface area contributed by atoms with E-state index in [0.29, 0.717) is 18.4 Å². The molecule has 0 radical (unpaired) electrons. The highest BCUT2D eigenvalue weighted by Gasteiger charge is 2.23. The molecule has 0 saturated heterocycles. The molecule has 0 spiro atoms. The van der Waals surface area contributed by atoms with Gasteiger partial charge in [0.25, 0.3) is 0 Å². The highest BCUT2D eigenvalue weighted by Crippen LogP contribution is 2.20. The fraction of sp³-hybridized carbons (Fsp3) is 0.778. The van der Waals surface area contributed by atoms with E-state index >= 15 is 0 Å². The van der Waals surface area contributed by atoms with Crippen molar-refractivity contribution in [3.8, 4) is 0 Å². The lowest BCUT2D eigenvalue weighted by molar-refractivity contribution is -0.131. The van der Waals surface area contributed by atoms with Gasteiger partial charge < -0.3 is 10.2 Å². The first kappa shape index (κ1) is 10.7. The minimum atomic E-state index is -1.64. The molecule has 0 fully saturated rings. The van der Waals surface area contributed by atoms with E-state index in [2.05, 4.69) is 13.5 Å². The molecule has 2 nitrogen and oxygen atoms in total. The summed E-state index contributed by atoms with van der Waals surface area (Å²) in [6.45, 7) is 7.43. The van der Waals surface area contributed by atoms with Crippen LogP contribution in [-0.4, -0.2) is 16.0 Å². The summed E-state index contributed by atoms with van der Waals surface area (Å²) in [5.41, 5.74) is 0.529. The van der Waals surface area contributed by atoms with Crippen LogP contribution >= 0.6 is 0 Å². The molecule has 0 saturated carbocycles. The first-order valence-corrected chi connectivity index (χ1v) is 4.17. The lowest BCUT2D eigenvalue weighted by atomic mass is 10.00. The Hall–Kier alpha value is -0.340. The van der Waals surface area contributed by atoms with Crippen LogP contribution in [-0.2, 0) is 0 Å². The predicted octanol–water partition coefficient (Wildman–Crippen LogP) is 1.82. The second kappa shape index (κ2) is 4.52. The Labute approximate surface area is 68.6 Å². The van der Waals surface area contributed by atoms with Crippen molar-refractivity contribution in [1.82, 2.24) is 0 Å². The van der Waals surface area contributed by atoms with Gasteiger partial charge in [0.2, 0.25) is 0 Å². The molecule has 0 unspecified atom stereocenters. The molecule has 0 rings (SSSR count). The van der Waals surface area contributed by atoms with Crippen LogP contribution in [0, 0.1) is 0 Å². The largest absolute Gasteiger partial charge is 0.362 e. The molecule has 0 aliphatic heterocycles. The molecule has 0 aliphatic carbocycles. The Morgan fingerprint density at radius 1 is 1.36 bits per heavy atom. The van der Waals surface area contributed by atoms with E-state index in [-0.39, 0.29) is 0 Å². The zero-order valence-corrected chi connectivity index (χ0v) is 7.43. The molecule has 11 heavy (non-hydrogen) atoms. The van der Waals surface area contributed by atoms with Crippen molar-refractivity contribution in [2.75, 3.05) is 0 Å². The summed E-state index contributed by atoms with van der Waals surface area (Å²) in [7, 11) is 0. The van der Waals surface area contributed by atoms with Gasteiger partial charge in [-0.15, -0.1) is 0 Å². The van der Waals surface area contributed by atoms with Crippen molar-refractivity contribution in [2.45, 2.75) is 45.3 Å². The highest BCUT2D eigenvalue weighted by molar-refractivity contribution is 5.05. The van der Waals surface area contributed by atoms with Crippen LogP contribution in [0.4, 0.5) is 0 Å². The van der Waals surface area contributed by atoms with Gasteiger partial charge in [0.15, 0.2) is 5.79 Å². The highest BCUT2D eigenvalue weighted by atomic mass is 16.5. The maximum Gasteiger partial charge on any atom is 0.185 e. The van der Waals surface area contributed by atoms with Crippen molar-refractivity contribution in [3.05, 3.63) is 12.2 Å². The maximum absolute atomic E-state index is 9.27. The molecule has 0 bridgehead atoms. The Morgan fingerprint density at radius 2 is 1.91 bits per heavy atom. The zero-order chi connectivity index (χ0) is 8.91. The third-order valence-electron chi connectivity index (χ3n) is 1.89. The van der Waals surface area contributed by atoms with Gasteiger partial charge in [-0.05, 0) is 18.4 Å². The summed E-state index contributed by atoms with van der Waals surface area (Å²) in [5.74, 6) is -1.64. The molecule has 0 aromatic heterocycles. The van der Waals surface area contributed by atoms with Gasteiger partial charge in [-0.2, -0.15) is 0 Å². The lowest BCUT2D eigenvalue weighted by Gasteiger charge is -2.22. The molecule has 66 valence electrons. The van der Waals surface area contributed by atoms with Gasteiger partial charge in [-0.3, -0.25) is 0 Å². The Morgan fingerprint density at radius 3 is 2.27 bits per heavy atom. The predicted molar refractivity (Wildman–Crippen MR) is 46.1 cm³/mol. The molecular weight excluding hydrogens is 140 g/mol. The van der Waals surface area contributed by atoms with E-state index in [1.54, 1.807) is 6.92 Å². The molecular formula is C9H18O2. The second-order valence-electron chi connectivity index (χ2n) is 2.88. The van der Waals surface area contributed by atoms with E-state index in [4.69, 9.17) is 0 Å². The van der Waals surface area contributed by atoms with Crippen molar-refractivity contribution < 1.29 is 10.2 Å². The smallest absolute Gasteiger partial charge is 0.185 e. The first-order valence-electron chi connectivity index (χ1n) is 4.17. The fourth-order valence-electron chi connectivity index (χ4n) is 0.840. The van der Waals surface area contributed by atoms with Crippen LogP contribution in [0.25, 0.3) is 0 Å². The van der Waals surface area contributed by atoms with E-state index < -0.39 is 5.79 Å². The zero-order valence-electron chi connectivity index (χ0n) is 7.43. The van der Waals surface area contributed by atoms with Crippen molar-refractivity contribution in [2.24, 2.45) is 0 Å². The Bertz CT molecular complexity index is 128. The topological polar surface area (TPSA) is 40.5 Å². The average Bonchev–Trinajstić information content (AvgIpc) is 2.00. The van der Waals surface area contributed by atoms with Gasteiger partial charge in [0, 0.05) is 6.42 Å². The third-order valence-corrected chi connectivity index (χ3v) is 1.89. The minimum absolute atomic E-state index is 0.315. The van der Waals surface area contributed by atoms with Gasteiger partial charge >= 0.3 is 0 Å². The summed E-state index contributed by atoms with van der Waals surface area (Å²) >= 11 is 0. The minimum Gasteiger partial charge on any atom is -0.362 e. The number of unbranched alkanes of at least 4 members (excludes halogenated alkanes) is 1. The normalized spacial score (nSPS) is 11.6. The number of hydrogen-bond acceptors (Lipinski definition) is 2. The maximum atomic E-state index is 9.27. The summed E-state index contributed by atoms with van der Waals surface area (Å²) < 4.78 is 0. The molecule has 2 N–H and O–H groups in total. The van der Waals surface area contributed by atoms with Crippen LogP contribution in [0.3, 0.4) is 0 Å². The van der Waals surface area contributed by atoms with Crippen molar-refractivity contribution in [1.29, 1.82) is 0 Å². The molecule has 0 heterocycles. The first-order chi connectivity index (χ1) is 5.04. The van der Waals surface area contributed by atoms with E-state index in [9.17, 15) is 10.2 Å². The number of hydrogen-bond donors (Lipinski definition) is 2. The molecule has 2 heteroatoms. The van der Waals surface area contributed by atoms with E-state index in [1.165, 1.54) is 0 Å². The summed E-state index contributed by atoms with van der Waals surface area (Å²) in [6, 6.07) is 0. The Kier molecular flexibility index (Phi) is 4.38. The van der Waals surface area contributed by atoms with Crippen LogP contribution < -0.4 is 0 Å². The van der Waals surface area contributed by atoms with E-state index in [0.717, 1.165) is 12.8 Å². The summed E-state index contributed by atoms with van der Waals surface area (Å²) in [6.07, 6.45) is 3.05. The molecule has 0 aromatic rings. The summed E-state index contributed by atoms with van der Waals surface area (Å²) in [4.78, 5) is 0. The lowest BCUT2D eigenvalue weighted by Crippen LogP contribution is -2.28. The number of rotatable bonds is 5. The van der Waals surface area contributed by atoms with Crippen LogP contribution in [0.2, 0.25) is 0 Å². The molecule has 0 atom stereocenters. The fourth-order valence-corrected chi connectivity index (χ4v) is 0.840. The third kappa shape index (κ3) is 3.54.